The van der Waals surface area contributed by atoms with Crippen molar-refractivity contribution in [1.82, 2.24) is 0 Å². The molecule has 2 saturated heterocycles. The van der Waals surface area contributed by atoms with Crippen LogP contribution in [0.5, 0.6) is 0 Å². The van der Waals surface area contributed by atoms with E-state index in [0.717, 1.165) is 64.5 Å². The first-order valence-electron chi connectivity index (χ1n) is 22.2. The zero-order valence-corrected chi connectivity index (χ0v) is 37.0. The van der Waals surface area contributed by atoms with Crippen LogP contribution < -0.4 is 0 Å². The normalized spacial score (nSPS) is 22.8. The lowest BCUT2D eigenvalue weighted by Crippen LogP contribution is -2.24. The lowest BCUT2D eigenvalue weighted by molar-refractivity contribution is -0.0347. The summed E-state index contributed by atoms with van der Waals surface area (Å²) >= 11 is 0. The molecule has 0 aromatic rings. The Morgan fingerprint density at radius 3 is 1.19 bits per heavy atom. The molecule has 2 heterocycles. The summed E-state index contributed by atoms with van der Waals surface area (Å²) in [4.78, 5) is 0. The summed E-state index contributed by atoms with van der Waals surface area (Å²) in [5.74, 6) is 2.59. The van der Waals surface area contributed by atoms with Crippen LogP contribution in [0, 0.1) is 17.8 Å². The summed E-state index contributed by atoms with van der Waals surface area (Å²) < 4.78 is 43.1. The summed E-state index contributed by atoms with van der Waals surface area (Å²) in [5, 5.41) is 0. The van der Waals surface area contributed by atoms with Gasteiger partial charge in [0.05, 0.1) is 74.8 Å². The van der Waals surface area contributed by atoms with Crippen molar-refractivity contribution in [2.75, 3.05) is 46.2 Å². The van der Waals surface area contributed by atoms with Gasteiger partial charge in [-0.05, 0) is 159 Å². The highest BCUT2D eigenvalue weighted by molar-refractivity contribution is 4.73. The lowest BCUT2D eigenvalue weighted by Gasteiger charge is -2.27. The summed E-state index contributed by atoms with van der Waals surface area (Å²) in [6, 6.07) is 0. The molecule has 6 rings (SSSR count). The Hall–Kier alpha value is -0.320. The Kier molecular flexibility index (Phi) is 30.4. The molecule has 6 aliphatic rings. The molecule has 4 saturated carbocycles. The second kappa shape index (κ2) is 31.7. The minimum Gasteiger partial charge on any atom is -0.381 e. The van der Waals surface area contributed by atoms with Crippen LogP contribution in [0.25, 0.3) is 0 Å². The second-order valence-electron chi connectivity index (χ2n) is 17.6. The maximum atomic E-state index is 5.61. The first-order chi connectivity index (χ1) is 25.2. The van der Waals surface area contributed by atoms with Gasteiger partial charge in [-0.3, -0.25) is 0 Å². The van der Waals surface area contributed by atoms with E-state index in [2.05, 4.69) is 83.1 Å². The van der Waals surface area contributed by atoms with Crippen molar-refractivity contribution in [3.05, 3.63) is 0 Å². The van der Waals surface area contributed by atoms with Crippen LogP contribution in [-0.2, 0) is 37.9 Å². The van der Waals surface area contributed by atoms with Gasteiger partial charge in [0.2, 0.25) is 0 Å². The van der Waals surface area contributed by atoms with Crippen molar-refractivity contribution >= 4 is 0 Å². The SMILES string of the molecule is CC(C)OC1CCC1.CC(C)OC1CCCC1.CC(C)OC1CCOC1.CC(C)OCC1CC1.CC(C)OCC1CCOC1.CC(C)OCCC1CC1. The standard InChI is InChI=1S/C8H16O2.2C8H16O.C7H14O2.2C7H14O/c1-7(2)10-6-8-3-4-9-5-8;1-7(2)9-6-5-8-3-4-8;1-7(2)9-8-5-3-4-6-8;1-6(2)9-7-3-4-8-5-7;1-6(2)8-5-7-3-4-7;1-6(2)8-7-4-3-5-7/h7-8H,3-6H2,1-2H3;2*7-8H,3-6H2,1-2H3;6-7H,3-5H2,1-2H3;2*6-7H,3-5H2,1-2H3. The molecule has 2 unspecified atom stereocenters. The molecule has 318 valence electrons. The Morgan fingerprint density at radius 2 is 0.830 bits per heavy atom. The van der Waals surface area contributed by atoms with Crippen LogP contribution in [0.3, 0.4) is 0 Å². The van der Waals surface area contributed by atoms with Gasteiger partial charge in [-0.1, -0.05) is 25.7 Å². The molecule has 0 spiro atoms. The van der Waals surface area contributed by atoms with E-state index in [4.69, 9.17) is 37.9 Å². The third-order valence-electron chi connectivity index (χ3n) is 9.36. The van der Waals surface area contributed by atoms with Gasteiger partial charge in [-0.25, -0.2) is 0 Å². The summed E-state index contributed by atoms with van der Waals surface area (Å²) in [7, 11) is 0. The highest BCUT2D eigenvalue weighted by atomic mass is 16.6. The quantitative estimate of drug-likeness (QED) is 0.154. The van der Waals surface area contributed by atoms with Gasteiger partial charge in [-0.2, -0.15) is 0 Å². The number of ether oxygens (including phenoxy) is 8. The molecule has 6 fully saturated rings. The Balaban J connectivity index is 0.000000318. The summed E-state index contributed by atoms with van der Waals surface area (Å²) in [6.07, 6.45) is 22.5. The number of rotatable bonds is 16. The highest BCUT2D eigenvalue weighted by Crippen LogP contribution is 2.32. The maximum Gasteiger partial charge on any atom is 0.0833 e. The zero-order chi connectivity index (χ0) is 39.4. The van der Waals surface area contributed by atoms with E-state index in [-0.39, 0.29) is 0 Å². The Labute approximate surface area is 329 Å². The van der Waals surface area contributed by atoms with Crippen LogP contribution in [-0.4, -0.2) is 101 Å². The monoisotopic (exact) mass is 759 g/mol. The molecule has 0 aromatic carbocycles. The molecule has 4 aliphatic carbocycles. The fraction of sp³-hybridized carbons (Fsp3) is 1.00. The van der Waals surface area contributed by atoms with Crippen molar-refractivity contribution in [3.63, 3.8) is 0 Å². The van der Waals surface area contributed by atoms with E-state index in [1.807, 2.05) is 0 Å². The summed E-state index contributed by atoms with van der Waals surface area (Å²) in [6.45, 7) is 31.3. The molecule has 2 aliphatic heterocycles. The fourth-order valence-corrected chi connectivity index (χ4v) is 5.84. The molecule has 0 bridgehead atoms. The van der Waals surface area contributed by atoms with E-state index < -0.39 is 0 Å². The predicted molar refractivity (Wildman–Crippen MR) is 220 cm³/mol. The van der Waals surface area contributed by atoms with Crippen LogP contribution in [0.2, 0.25) is 0 Å². The molecule has 0 amide bonds. The van der Waals surface area contributed by atoms with Gasteiger partial charge >= 0.3 is 0 Å². The van der Waals surface area contributed by atoms with Gasteiger partial charge in [0.25, 0.3) is 0 Å². The van der Waals surface area contributed by atoms with Gasteiger partial charge in [0.1, 0.15) is 0 Å². The Bertz CT molecular complexity index is 747. The smallest absolute Gasteiger partial charge is 0.0833 e. The van der Waals surface area contributed by atoms with E-state index in [9.17, 15) is 0 Å². The fourth-order valence-electron chi connectivity index (χ4n) is 5.84. The molecule has 0 radical (unpaired) electrons. The van der Waals surface area contributed by atoms with E-state index in [0.29, 0.717) is 60.9 Å². The van der Waals surface area contributed by atoms with Gasteiger partial charge in [0.15, 0.2) is 0 Å². The molecule has 2 atom stereocenters. The Morgan fingerprint density at radius 1 is 0.396 bits per heavy atom. The first kappa shape index (κ1) is 50.7. The number of hydrogen-bond acceptors (Lipinski definition) is 8. The molecule has 8 nitrogen and oxygen atoms in total. The molecule has 0 N–H and O–H groups in total. The number of hydrogen-bond donors (Lipinski definition) is 0. The molecular formula is C45H90O8. The minimum absolute atomic E-state index is 0.344. The third kappa shape index (κ3) is 34.6. The minimum atomic E-state index is 0.344. The van der Waals surface area contributed by atoms with Gasteiger partial charge in [0, 0.05) is 32.3 Å². The highest BCUT2D eigenvalue weighted by Gasteiger charge is 2.22. The average molecular weight is 759 g/mol. The van der Waals surface area contributed by atoms with Crippen molar-refractivity contribution in [2.45, 2.75) is 228 Å². The van der Waals surface area contributed by atoms with Crippen molar-refractivity contribution in [1.29, 1.82) is 0 Å². The molecule has 53 heavy (non-hydrogen) atoms. The predicted octanol–water partition coefficient (Wildman–Crippen LogP) is 11.0. The van der Waals surface area contributed by atoms with Crippen LogP contribution in [0.1, 0.15) is 173 Å². The van der Waals surface area contributed by atoms with Gasteiger partial charge in [-0.15, -0.1) is 0 Å². The topological polar surface area (TPSA) is 73.8 Å². The summed E-state index contributed by atoms with van der Waals surface area (Å²) in [5.41, 5.74) is 0. The van der Waals surface area contributed by atoms with E-state index in [1.54, 1.807) is 0 Å². The van der Waals surface area contributed by atoms with Gasteiger partial charge < -0.3 is 37.9 Å². The molecule has 8 heteroatoms. The third-order valence-corrected chi connectivity index (χ3v) is 9.36. The largest absolute Gasteiger partial charge is 0.381 e. The van der Waals surface area contributed by atoms with Crippen molar-refractivity contribution in [3.8, 4) is 0 Å². The zero-order valence-electron chi connectivity index (χ0n) is 37.0. The molecular weight excluding hydrogens is 668 g/mol. The lowest BCUT2D eigenvalue weighted by atomic mass is 9.96. The van der Waals surface area contributed by atoms with E-state index in [1.165, 1.54) is 83.5 Å². The average Bonchev–Trinajstić information content (AvgIpc) is 3.86. The molecule has 0 aromatic heterocycles. The van der Waals surface area contributed by atoms with Crippen molar-refractivity contribution in [2.24, 2.45) is 17.8 Å². The van der Waals surface area contributed by atoms with Crippen LogP contribution in [0.15, 0.2) is 0 Å². The van der Waals surface area contributed by atoms with Crippen molar-refractivity contribution < 1.29 is 37.9 Å². The first-order valence-corrected chi connectivity index (χ1v) is 22.2. The van der Waals surface area contributed by atoms with E-state index >= 15 is 0 Å². The second-order valence-corrected chi connectivity index (χ2v) is 17.6. The van der Waals surface area contributed by atoms with Crippen LogP contribution in [0.4, 0.5) is 0 Å². The maximum absolute atomic E-state index is 5.61. The van der Waals surface area contributed by atoms with Crippen LogP contribution >= 0.6 is 0 Å².